The van der Waals surface area contributed by atoms with E-state index in [1.54, 1.807) is 16.7 Å². The number of amides is 1. The molecule has 0 aromatic carbocycles. The van der Waals surface area contributed by atoms with Crippen LogP contribution in [-0.2, 0) is 9.59 Å². The number of carboxylic acids is 1. The highest BCUT2D eigenvalue weighted by Gasteiger charge is 2.30. The van der Waals surface area contributed by atoms with E-state index in [1.807, 2.05) is 6.92 Å². The van der Waals surface area contributed by atoms with E-state index in [0.29, 0.717) is 25.3 Å². The van der Waals surface area contributed by atoms with Crippen molar-refractivity contribution in [3.63, 3.8) is 0 Å². The summed E-state index contributed by atoms with van der Waals surface area (Å²) in [7, 11) is 0. The van der Waals surface area contributed by atoms with Crippen LogP contribution in [-0.4, -0.2) is 52.5 Å². The van der Waals surface area contributed by atoms with Crippen molar-refractivity contribution in [1.29, 1.82) is 0 Å². The van der Waals surface area contributed by atoms with E-state index >= 15 is 0 Å². The Kier molecular flexibility index (Phi) is 5.77. The number of carbonyl (C=O) groups is 2. The number of nitrogens with zero attached hydrogens (tertiary/aromatic N) is 1. The zero-order valence-corrected chi connectivity index (χ0v) is 10.9. The Morgan fingerprint density at radius 3 is 2.88 bits per heavy atom. The molecule has 1 fully saturated rings. The zero-order chi connectivity index (χ0) is 12.8. The van der Waals surface area contributed by atoms with Crippen molar-refractivity contribution in [2.24, 2.45) is 11.7 Å². The van der Waals surface area contributed by atoms with Gasteiger partial charge in [-0.1, -0.05) is 6.92 Å². The normalized spacial score (nSPS) is 22.2. The van der Waals surface area contributed by atoms with Gasteiger partial charge in [-0.2, -0.15) is 11.8 Å². The molecule has 3 N–H and O–H groups in total. The molecule has 0 aromatic rings. The van der Waals surface area contributed by atoms with Gasteiger partial charge in [0.2, 0.25) is 5.91 Å². The van der Waals surface area contributed by atoms with Gasteiger partial charge in [-0.05, 0) is 13.0 Å². The fraction of sp³-hybridized carbons (Fsp3) is 0.818. The molecule has 5 nitrogen and oxygen atoms in total. The molecular formula is C11H20N2O3S. The van der Waals surface area contributed by atoms with Gasteiger partial charge >= 0.3 is 5.97 Å². The maximum Gasteiger partial charge on any atom is 0.305 e. The quantitative estimate of drug-likeness (QED) is 0.747. The van der Waals surface area contributed by atoms with Crippen molar-refractivity contribution in [1.82, 2.24) is 4.90 Å². The van der Waals surface area contributed by atoms with Gasteiger partial charge in [0.05, 0.1) is 12.5 Å². The van der Waals surface area contributed by atoms with Crippen molar-refractivity contribution in [2.75, 3.05) is 24.6 Å². The third-order valence-electron chi connectivity index (χ3n) is 2.94. The lowest BCUT2D eigenvalue weighted by Crippen LogP contribution is -2.49. The molecule has 0 bridgehead atoms. The second-order valence-corrected chi connectivity index (χ2v) is 5.49. The molecule has 98 valence electrons. The number of aliphatic carboxylic acids is 1. The summed E-state index contributed by atoms with van der Waals surface area (Å²) >= 11 is 1.71. The lowest BCUT2D eigenvalue weighted by molar-refractivity contribution is -0.141. The molecule has 0 spiro atoms. The first kappa shape index (κ1) is 14.3. The summed E-state index contributed by atoms with van der Waals surface area (Å²) in [6.07, 6.45) is 0.691. The minimum atomic E-state index is -0.846. The molecule has 6 heteroatoms. The number of thioether (sulfide) groups is 1. The topological polar surface area (TPSA) is 83.6 Å². The molecule has 17 heavy (non-hydrogen) atoms. The maximum absolute atomic E-state index is 12.1. The van der Waals surface area contributed by atoms with Crippen LogP contribution >= 0.6 is 11.8 Å². The number of carbonyl (C=O) groups excluding carboxylic acids is 1. The summed E-state index contributed by atoms with van der Waals surface area (Å²) < 4.78 is 0. The molecule has 0 radical (unpaired) electrons. The fourth-order valence-corrected chi connectivity index (χ4v) is 3.03. The van der Waals surface area contributed by atoms with Gasteiger partial charge in [0.25, 0.3) is 0 Å². The van der Waals surface area contributed by atoms with Gasteiger partial charge in [0, 0.05) is 24.0 Å². The van der Waals surface area contributed by atoms with Crippen LogP contribution in [0.15, 0.2) is 0 Å². The van der Waals surface area contributed by atoms with Gasteiger partial charge < -0.3 is 15.7 Å². The summed E-state index contributed by atoms with van der Waals surface area (Å²) in [6, 6.07) is -0.168. The lowest BCUT2D eigenvalue weighted by atomic mass is 10.0. The minimum Gasteiger partial charge on any atom is -0.481 e. The predicted molar refractivity (Wildman–Crippen MR) is 67.9 cm³/mol. The van der Waals surface area contributed by atoms with E-state index in [1.165, 1.54) is 0 Å². The van der Waals surface area contributed by atoms with Gasteiger partial charge in [-0.15, -0.1) is 0 Å². The standard InChI is InChI=1S/C11H20N2O3S/c1-8(2-3-12)11(16)13-4-5-17-7-9(13)6-10(14)15/h8-9H,2-7,12H2,1H3,(H,14,15). The first-order chi connectivity index (χ1) is 8.06. The van der Waals surface area contributed by atoms with Crippen LogP contribution in [0.5, 0.6) is 0 Å². The molecule has 1 saturated heterocycles. The Labute approximate surface area is 106 Å². The molecule has 1 rings (SSSR count). The number of hydrogen-bond acceptors (Lipinski definition) is 4. The van der Waals surface area contributed by atoms with Crippen LogP contribution in [0, 0.1) is 5.92 Å². The minimum absolute atomic E-state index is 0.0358. The molecule has 1 aliphatic heterocycles. The number of carboxylic acid groups (broad SMARTS) is 1. The third-order valence-corrected chi connectivity index (χ3v) is 4.03. The monoisotopic (exact) mass is 260 g/mol. The highest BCUT2D eigenvalue weighted by molar-refractivity contribution is 7.99. The maximum atomic E-state index is 12.1. The zero-order valence-electron chi connectivity index (χ0n) is 10.1. The van der Waals surface area contributed by atoms with E-state index in [9.17, 15) is 9.59 Å². The average Bonchev–Trinajstić information content (AvgIpc) is 2.28. The van der Waals surface area contributed by atoms with Crippen molar-refractivity contribution < 1.29 is 14.7 Å². The Bertz CT molecular complexity index is 286. The van der Waals surface area contributed by atoms with Gasteiger partial charge in [-0.3, -0.25) is 9.59 Å². The van der Waals surface area contributed by atoms with Crippen molar-refractivity contribution in [2.45, 2.75) is 25.8 Å². The molecule has 0 aliphatic carbocycles. The van der Waals surface area contributed by atoms with E-state index in [-0.39, 0.29) is 24.3 Å². The summed E-state index contributed by atoms with van der Waals surface area (Å²) in [4.78, 5) is 24.6. The summed E-state index contributed by atoms with van der Waals surface area (Å²) in [5.74, 6) is 0.688. The average molecular weight is 260 g/mol. The van der Waals surface area contributed by atoms with Crippen molar-refractivity contribution in [3.8, 4) is 0 Å². The van der Waals surface area contributed by atoms with Crippen molar-refractivity contribution in [3.05, 3.63) is 0 Å². The summed E-state index contributed by atoms with van der Waals surface area (Å²) in [5.41, 5.74) is 5.44. The van der Waals surface area contributed by atoms with Crippen LogP contribution in [0.3, 0.4) is 0 Å². The fourth-order valence-electron chi connectivity index (χ4n) is 1.97. The Balaban J connectivity index is 2.63. The molecule has 2 atom stereocenters. The van der Waals surface area contributed by atoms with E-state index in [2.05, 4.69) is 0 Å². The highest BCUT2D eigenvalue weighted by atomic mass is 32.2. The van der Waals surface area contributed by atoms with E-state index in [4.69, 9.17) is 10.8 Å². The van der Waals surface area contributed by atoms with E-state index in [0.717, 1.165) is 5.75 Å². The summed E-state index contributed by atoms with van der Waals surface area (Å²) in [6.45, 7) is 2.99. The molecule has 1 amide bonds. The van der Waals surface area contributed by atoms with Gasteiger partial charge in [0.15, 0.2) is 0 Å². The molecular weight excluding hydrogens is 240 g/mol. The number of rotatable bonds is 5. The first-order valence-electron chi connectivity index (χ1n) is 5.86. The lowest BCUT2D eigenvalue weighted by Gasteiger charge is -2.36. The predicted octanol–water partition coefficient (Wildman–Crippen LogP) is 0.390. The van der Waals surface area contributed by atoms with Crippen LogP contribution in [0.25, 0.3) is 0 Å². The Morgan fingerprint density at radius 2 is 2.29 bits per heavy atom. The van der Waals surface area contributed by atoms with Gasteiger partial charge in [0.1, 0.15) is 0 Å². The van der Waals surface area contributed by atoms with Crippen molar-refractivity contribution >= 4 is 23.6 Å². The Morgan fingerprint density at radius 1 is 1.59 bits per heavy atom. The second kappa shape index (κ2) is 6.86. The second-order valence-electron chi connectivity index (χ2n) is 4.34. The highest BCUT2D eigenvalue weighted by Crippen LogP contribution is 2.21. The molecule has 0 aromatic heterocycles. The molecule has 1 aliphatic rings. The van der Waals surface area contributed by atoms with E-state index < -0.39 is 5.97 Å². The number of nitrogens with two attached hydrogens (primary N) is 1. The smallest absolute Gasteiger partial charge is 0.305 e. The Hall–Kier alpha value is -0.750. The SMILES string of the molecule is CC(CCN)C(=O)N1CCSCC1CC(=O)O. The number of hydrogen-bond donors (Lipinski definition) is 2. The molecule has 2 unspecified atom stereocenters. The molecule has 1 heterocycles. The van der Waals surface area contributed by atoms with Crippen LogP contribution in [0.1, 0.15) is 19.8 Å². The summed E-state index contributed by atoms with van der Waals surface area (Å²) in [5, 5.41) is 8.84. The van der Waals surface area contributed by atoms with Crippen LogP contribution < -0.4 is 5.73 Å². The van der Waals surface area contributed by atoms with Crippen LogP contribution in [0.2, 0.25) is 0 Å². The van der Waals surface area contributed by atoms with Crippen LogP contribution in [0.4, 0.5) is 0 Å². The largest absolute Gasteiger partial charge is 0.481 e. The first-order valence-corrected chi connectivity index (χ1v) is 7.01. The third kappa shape index (κ3) is 4.20. The molecule has 0 saturated carbocycles. The van der Waals surface area contributed by atoms with Gasteiger partial charge in [-0.25, -0.2) is 0 Å².